The number of halogens is 2. The van der Waals surface area contributed by atoms with Gasteiger partial charge < -0.3 is 15.1 Å². The summed E-state index contributed by atoms with van der Waals surface area (Å²) < 4.78 is 0. The van der Waals surface area contributed by atoms with Crippen molar-refractivity contribution < 1.29 is 4.79 Å². The van der Waals surface area contributed by atoms with Gasteiger partial charge >= 0.3 is 6.03 Å². The molecule has 2 aromatic heterocycles. The number of aromatic nitrogens is 3. The van der Waals surface area contributed by atoms with Crippen LogP contribution in [-0.4, -0.2) is 64.2 Å². The summed E-state index contributed by atoms with van der Waals surface area (Å²) in [5.74, 6) is 0. The van der Waals surface area contributed by atoms with E-state index in [4.69, 9.17) is 23.2 Å². The fourth-order valence-electron chi connectivity index (χ4n) is 4.19. The SMILES string of the molecule is CC(NC(=O)N(C)C1CCN(C)CC1)c1ccc(-c2cncc(-c3cn[nH]c3)c2)c(Cl)c1Cl. The number of piperidine rings is 1. The first-order chi connectivity index (χ1) is 15.8. The van der Waals surface area contributed by atoms with E-state index in [1.54, 1.807) is 23.5 Å². The van der Waals surface area contributed by atoms with Gasteiger partial charge in [0.05, 0.1) is 22.3 Å². The van der Waals surface area contributed by atoms with Crippen molar-refractivity contribution in [1.82, 2.24) is 30.3 Å². The van der Waals surface area contributed by atoms with E-state index in [0.29, 0.717) is 10.0 Å². The van der Waals surface area contributed by atoms with Gasteiger partial charge in [0.1, 0.15) is 0 Å². The van der Waals surface area contributed by atoms with Gasteiger partial charge in [0.25, 0.3) is 0 Å². The fraction of sp³-hybridized carbons (Fsp3) is 0.375. The van der Waals surface area contributed by atoms with Crippen molar-refractivity contribution in [3.8, 4) is 22.3 Å². The van der Waals surface area contributed by atoms with Gasteiger partial charge in [0.2, 0.25) is 0 Å². The zero-order chi connectivity index (χ0) is 23.5. The van der Waals surface area contributed by atoms with Crippen molar-refractivity contribution in [2.45, 2.75) is 31.8 Å². The van der Waals surface area contributed by atoms with Gasteiger partial charge in [-0.3, -0.25) is 10.1 Å². The van der Waals surface area contributed by atoms with Crippen molar-refractivity contribution in [3.63, 3.8) is 0 Å². The highest BCUT2D eigenvalue weighted by molar-refractivity contribution is 6.44. The van der Waals surface area contributed by atoms with Crippen LogP contribution in [0.3, 0.4) is 0 Å². The molecule has 3 heterocycles. The molecule has 1 aliphatic heterocycles. The molecule has 0 aliphatic carbocycles. The summed E-state index contributed by atoms with van der Waals surface area (Å²) in [6.07, 6.45) is 9.03. The van der Waals surface area contributed by atoms with Crippen molar-refractivity contribution in [2.75, 3.05) is 27.2 Å². The number of benzene rings is 1. The third kappa shape index (κ3) is 5.16. The predicted octanol–water partition coefficient (Wildman–Crippen LogP) is 5.24. The lowest BCUT2D eigenvalue weighted by atomic mass is 10.00. The number of carbonyl (C=O) groups is 1. The molecule has 2 N–H and O–H groups in total. The maximum absolute atomic E-state index is 12.9. The van der Waals surface area contributed by atoms with E-state index in [1.165, 1.54) is 0 Å². The first kappa shape index (κ1) is 23.5. The highest BCUT2D eigenvalue weighted by Gasteiger charge is 2.25. The maximum atomic E-state index is 12.9. The molecule has 1 aromatic carbocycles. The van der Waals surface area contributed by atoms with Crippen LogP contribution >= 0.6 is 23.2 Å². The van der Waals surface area contributed by atoms with Gasteiger partial charge in [-0.1, -0.05) is 35.3 Å². The number of amides is 2. The number of nitrogens with zero attached hydrogens (tertiary/aromatic N) is 4. The smallest absolute Gasteiger partial charge is 0.317 e. The molecule has 1 fully saturated rings. The van der Waals surface area contributed by atoms with Crippen LogP contribution < -0.4 is 5.32 Å². The molecule has 4 rings (SSSR count). The van der Waals surface area contributed by atoms with Gasteiger partial charge in [-0.05, 0) is 51.5 Å². The molecule has 1 saturated heterocycles. The van der Waals surface area contributed by atoms with E-state index >= 15 is 0 Å². The fourth-order valence-corrected chi connectivity index (χ4v) is 4.80. The lowest BCUT2D eigenvalue weighted by molar-refractivity contribution is 0.146. The number of hydrogen-bond donors (Lipinski definition) is 2. The Morgan fingerprint density at radius 3 is 2.58 bits per heavy atom. The van der Waals surface area contributed by atoms with Crippen LogP contribution in [0.15, 0.2) is 43.0 Å². The van der Waals surface area contributed by atoms with Crippen LogP contribution in [0.4, 0.5) is 4.79 Å². The van der Waals surface area contributed by atoms with Crippen molar-refractivity contribution in [3.05, 3.63) is 58.6 Å². The predicted molar refractivity (Wildman–Crippen MR) is 133 cm³/mol. The molecule has 2 amide bonds. The first-order valence-electron chi connectivity index (χ1n) is 11.0. The number of hydrogen-bond acceptors (Lipinski definition) is 4. The van der Waals surface area contributed by atoms with Gasteiger partial charge in [-0.2, -0.15) is 5.10 Å². The highest BCUT2D eigenvalue weighted by atomic mass is 35.5. The number of pyridine rings is 1. The molecule has 9 heteroatoms. The van der Waals surface area contributed by atoms with E-state index in [9.17, 15) is 4.79 Å². The Hall–Kier alpha value is -2.61. The van der Waals surface area contributed by atoms with E-state index in [-0.39, 0.29) is 18.1 Å². The number of carbonyl (C=O) groups excluding carboxylic acids is 1. The normalized spacial score (nSPS) is 15.9. The van der Waals surface area contributed by atoms with Crippen LogP contribution in [-0.2, 0) is 0 Å². The Bertz CT molecular complexity index is 1110. The van der Waals surface area contributed by atoms with Gasteiger partial charge in [0, 0.05) is 53.9 Å². The second kappa shape index (κ2) is 10.1. The second-order valence-corrected chi connectivity index (χ2v) is 9.35. The monoisotopic (exact) mass is 486 g/mol. The molecule has 1 aliphatic rings. The summed E-state index contributed by atoms with van der Waals surface area (Å²) in [5.41, 5.74) is 4.27. The summed E-state index contributed by atoms with van der Waals surface area (Å²) in [5, 5.41) is 10.7. The number of likely N-dealkylation sites (tertiary alicyclic amines) is 1. The number of urea groups is 1. The summed E-state index contributed by atoms with van der Waals surface area (Å²) in [4.78, 5) is 21.3. The maximum Gasteiger partial charge on any atom is 0.317 e. The molecule has 1 atom stereocenters. The summed E-state index contributed by atoms with van der Waals surface area (Å²) >= 11 is 13.4. The minimum atomic E-state index is -0.291. The minimum absolute atomic E-state index is 0.106. The topological polar surface area (TPSA) is 77.2 Å². The van der Waals surface area contributed by atoms with Gasteiger partial charge in [-0.15, -0.1) is 0 Å². The molecule has 3 aromatic rings. The molecule has 0 bridgehead atoms. The largest absolute Gasteiger partial charge is 0.331 e. The third-order valence-electron chi connectivity index (χ3n) is 6.36. The lowest BCUT2D eigenvalue weighted by Crippen LogP contribution is -2.48. The summed E-state index contributed by atoms with van der Waals surface area (Å²) in [7, 11) is 3.97. The van der Waals surface area contributed by atoms with Crippen LogP contribution in [0.2, 0.25) is 10.0 Å². The summed E-state index contributed by atoms with van der Waals surface area (Å²) in [6, 6.07) is 5.67. The quantitative estimate of drug-likeness (QED) is 0.516. The number of aromatic amines is 1. The average Bonchev–Trinajstić information content (AvgIpc) is 3.36. The molecule has 7 nitrogen and oxygen atoms in total. The third-order valence-corrected chi connectivity index (χ3v) is 7.25. The Labute approximate surface area is 204 Å². The van der Waals surface area contributed by atoms with E-state index in [0.717, 1.165) is 53.7 Å². The minimum Gasteiger partial charge on any atom is -0.331 e. The number of nitrogens with one attached hydrogen (secondary N) is 2. The van der Waals surface area contributed by atoms with Crippen molar-refractivity contribution in [1.29, 1.82) is 0 Å². The van der Waals surface area contributed by atoms with Gasteiger partial charge in [-0.25, -0.2) is 4.79 Å². The lowest BCUT2D eigenvalue weighted by Gasteiger charge is -2.35. The molecular formula is C24H28Cl2N6O. The highest BCUT2D eigenvalue weighted by Crippen LogP contribution is 2.38. The molecule has 1 unspecified atom stereocenters. The Morgan fingerprint density at radius 2 is 1.88 bits per heavy atom. The average molecular weight is 487 g/mol. The second-order valence-electron chi connectivity index (χ2n) is 8.60. The molecule has 0 radical (unpaired) electrons. The molecular weight excluding hydrogens is 459 g/mol. The van der Waals surface area contributed by atoms with E-state index in [1.807, 2.05) is 38.4 Å². The standard InChI is InChI=1S/C24H28Cl2N6O/c1-15(30-24(33)32(3)19-6-8-31(2)9-7-19)20-4-5-21(23(26)22(20)25)17-10-16(11-27-12-17)18-13-28-29-14-18/h4-5,10-15,19H,6-9H2,1-3H3,(H,28,29)(H,30,33). The molecule has 33 heavy (non-hydrogen) atoms. The van der Waals surface area contributed by atoms with Crippen LogP contribution in [0, 0.1) is 0 Å². The van der Waals surface area contributed by atoms with E-state index in [2.05, 4.69) is 32.4 Å². The zero-order valence-electron chi connectivity index (χ0n) is 19.0. The van der Waals surface area contributed by atoms with Crippen LogP contribution in [0.5, 0.6) is 0 Å². The zero-order valence-corrected chi connectivity index (χ0v) is 20.5. The molecule has 0 spiro atoms. The number of H-pyrrole nitrogens is 1. The van der Waals surface area contributed by atoms with Crippen molar-refractivity contribution >= 4 is 29.2 Å². The number of rotatable bonds is 5. The Kier molecular flexibility index (Phi) is 7.22. The first-order valence-corrected chi connectivity index (χ1v) is 11.7. The van der Waals surface area contributed by atoms with Crippen LogP contribution in [0.25, 0.3) is 22.3 Å². The van der Waals surface area contributed by atoms with Crippen LogP contribution in [0.1, 0.15) is 31.4 Å². The molecule has 0 saturated carbocycles. The Morgan fingerprint density at radius 1 is 1.15 bits per heavy atom. The molecule has 174 valence electrons. The Balaban J connectivity index is 1.50. The van der Waals surface area contributed by atoms with E-state index < -0.39 is 0 Å². The summed E-state index contributed by atoms with van der Waals surface area (Å²) in [6.45, 7) is 3.91. The van der Waals surface area contributed by atoms with Gasteiger partial charge in [0.15, 0.2) is 0 Å². The van der Waals surface area contributed by atoms with Crippen molar-refractivity contribution in [2.24, 2.45) is 0 Å².